The van der Waals surface area contributed by atoms with Gasteiger partial charge in [0.05, 0.1) is 5.60 Å². The summed E-state index contributed by atoms with van der Waals surface area (Å²) in [6.45, 7) is 6.30. The molecule has 0 aliphatic carbocycles. The first-order chi connectivity index (χ1) is 7.28. The van der Waals surface area contributed by atoms with Crippen LogP contribution in [0.25, 0.3) is 0 Å². The minimum Gasteiger partial charge on any atom is -0.388 e. The summed E-state index contributed by atoms with van der Waals surface area (Å²) < 4.78 is 1.03. The molecule has 0 fully saturated rings. The monoisotopic (exact) mass is 285 g/mol. The Labute approximate surface area is 106 Å². The van der Waals surface area contributed by atoms with Gasteiger partial charge in [0.25, 0.3) is 0 Å². The van der Waals surface area contributed by atoms with E-state index < -0.39 is 5.60 Å². The standard InChI is InChI=1S/C13H20BrNO/c1-12(2,3)13(16,9-15)8-10-5-4-6-11(14)7-10/h4-7,16H,8-9,15H2,1-3H3. The van der Waals surface area contributed by atoms with Crippen molar-refractivity contribution in [3.63, 3.8) is 0 Å². The Morgan fingerprint density at radius 3 is 2.38 bits per heavy atom. The van der Waals surface area contributed by atoms with Crippen molar-refractivity contribution >= 4 is 15.9 Å². The van der Waals surface area contributed by atoms with Gasteiger partial charge in [-0.05, 0) is 23.1 Å². The van der Waals surface area contributed by atoms with Crippen LogP contribution in [0.4, 0.5) is 0 Å². The number of benzene rings is 1. The minimum atomic E-state index is -0.867. The average molecular weight is 286 g/mol. The molecule has 90 valence electrons. The van der Waals surface area contributed by atoms with Gasteiger partial charge in [-0.2, -0.15) is 0 Å². The third-order valence-corrected chi connectivity index (χ3v) is 3.61. The molecule has 0 heterocycles. The predicted molar refractivity (Wildman–Crippen MR) is 71.3 cm³/mol. The molecule has 1 aromatic carbocycles. The van der Waals surface area contributed by atoms with Crippen molar-refractivity contribution in [2.45, 2.75) is 32.8 Å². The summed E-state index contributed by atoms with van der Waals surface area (Å²) in [5.74, 6) is 0. The van der Waals surface area contributed by atoms with Gasteiger partial charge in [-0.15, -0.1) is 0 Å². The van der Waals surface area contributed by atoms with Crippen molar-refractivity contribution in [2.75, 3.05) is 6.54 Å². The molecular formula is C13H20BrNO. The lowest BCUT2D eigenvalue weighted by atomic mass is 9.73. The number of hydrogen-bond acceptors (Lipinski definition) is 2. The van der Waals surface area contributed by atoms with Crippen LogP contribution < -0.4 is 5.73 Å². The van der Waals surface area contributed by atoms with Gasteiger partial charge in [0.2, 0.25) is 0 Å². The normalized spacial score (nSPS) is 15.9. The molecule has 0 spiro atoms. The molecule has 0 bridgehead atoms. The molecule has 0 aromatic heterocycles. The van der Waals surface area contributed by atoms with Crippen molar-refractivity contribution < 1.29 is 5.11 Å². The van der Waals surface area contributed by atoms with Crippen LogP contribution in [0.15, 0.2) is 28.7 Å². The smallest absolute Gasteiger partial charge is 0.0857 e. The lowest BCUT2D eigenvalue weighted by Crippen LogP contribution is -2.50. The SMILES string of the molecule is CC(C)(C)C(O)(CN)Cc1cccc(Br)c1. The summed E-state index contributed by atoms with van der Waals surface area (Å²) in [5, 5.41) is 10.6. The molecule has 1 rings (SSSR count). The Bertz CT molecular complexity index is 359. The van der Waals surface area contributed by atoms with E-state index in [1.165, 1.54) is 0 Å². The van der Waals surface area contributed by atoms with Crippen LogP contribution in [0.1, 0.15) is 26.3 Å². The van der Waals surface area contributed by atoms with E-state index in [0.717, 1.165) is 10.0 Å². The third kappa shape index (κ3) is 3.06. The summed E-state index contributed by atoms with van der Waals surface area (Å²) in [7, 11) is 0. The van der Waals surface area contributed by atoms with Gasteiger partial charge < -0.3 is 10.8 Å². The maximum atomic E-state index is 10.6. The first-order valence-electron chi connectivity index (χ1n) is 5.45. The molecule has 0 aliphatic heterocycles. The van der Waals surface area contributed by atoms with Gasteiger partial charge >= 0.3 is 0 Å². The van der Waals surface area contributed by atoms with Crippen molar-refractivity contribution in [1.29, 1.82) is 0 Å². The average Bonchev–Trinajstić information content (AvgIpc) is 2.15. The molecule has 1 unspecified atom stereocenters. The zero-order valence-electron chi connectivity index (χ0n) is 10.1. The highest BCUT2D eigenvalue weighted by Gasteiger charge is 2.38. The topological polar surface area (TPSA) is 46.2 Å². The van der Waals surface area contributed by atoms with E-state index >= 15 is 0 Å². The van der Waals surface area contributed by atoms with Gasteiger partial charge in [0.15, 0.2) is 0 Å². The lowest BCUT2D eigenvalue weighted by Gasteiger charge is -2.39. The zero-order valence-corrected chi connectivity index (χ0v) is 11.7. The maximum Gasteiger partial charge on any atom is 0.0857 e. The molecule has 3 heteroatoms. The van der Waals surface area contributed by atoms with E-state index in [2.05, 4.69) is 15.9 Å². The van der Waals surface area contributed by atoms with Crippen LogP contribution in [-0.2, 0) is 6.42 Å². The van der Waals surface area contributed by atoms with Crippen molar-refractivity contribution in [1.82, 2.24) is 0 Å². The fraction of sp³-hybridized carbons (Fsp3) is 0.538. The Hall–Kier alpha value is -0.380. The van der Waals surface area contributed by atoms with Gasteiger partial charge in [0, 0.05) is 17.4 Å². The fourth-order valence-electron chi connectivity index (χ4n) is 1.63. The summed E-state index contributed by atoms with van der Waals surface area (Å²) in [4.78, 5) is 0. The zero-order chi connectivity index (χ0) is 12.4. The fourth-order valence-corrected chi connectivity index (χ4v) is 2.07. The molecule has 1 atom stereocenters. The van der Waals surface area contributed by atoms with E-state index in [-0.39, 0.29) is 12.0 Å². The Morgan fingerprint density at radius 1 is 1.31 bits per heavy atom. The van der Waals surface area contributed by atoms with Crippen molar-refractivity contribution in [3.05, 3.63) is 34.3 Å². The number of hydrogen-bond donors (Lipinski definition) is 2. The highest BCUT2D eigenvalue weighted by molar-refractivity contribution is 9.10. The number of nitrogens with two attached hydrogens (primary N) is 1. The second-order valence-corrected chi connectivity index (χ2v) is 6.21. The Kier molecular flexibility index (Phi) is 4.16. The molecule has 2 nitrogen and oxygen atoms in total. The number of rotatable bonds is 3. The molecule has 0 saturated carbocycles. The van der Waals surface area contributed by atoms with E-state index in [1.807, 2.05) is 45.0 Å². The largest absolute Gasteiger partial charge is 0.388 e. The lowest BCUT2D eigenvalue weighted by molar-refractivity contribution is -0.0490. The van der Waals surface area contributed by atoms with Gasteiger partial charge in [-0.1, -0.05) is 48.8 Å². The molecule has 0 amide bonds. The van der Waals surface area contributed by atoms with Crippen LogP contribution in [0.2, 0.25) is 0 Å². The summed E-state index contributed by atoms with van der Waals surface area (Å²) in [6, 6.07) is 7.98. The van der Waals surface area contributed by atoms with Crippen LogP contribution >= 0.6 is 15.9 Å². The Morgan fingerprint density at radius 2 is 1.94 bits per heavy atom. The highest BCUT2D eigenvalue weighted by atomic mass is 79.9. The van der Waals surface area contributed by atoms with Crippen LogP contribution in [0.3, 0.4) is 0 Å². The first-order valence-corrected chi connectivity index (χ1v) is 6.25. The second-order valence-electron chi connectivity index (χ2n) is 5.29. The van der Waals surface area contributed by atoms with Crippen LogP contribution in [0.5, 0.6) is 0 Å². The summed E-state index contributed by atoms with van der Waals surface area (Å²) >= 11 is 3.43. The van der Waals surface area contributed by atoms with E-state index in [0.29, 0.717) is 6.42 Å². The first kappa shape index (κ1) is 13.7. The van der Waals surface area contributed by atoms with E-state index in [9.17, 15) is 5.11 Å². The molecule has 1 aromatic rings. The Balaban J connectivity index is 2.94. The van der Waals surface area contributed by atoms with Crippen molar-refractivity contribution in [3.8, 4) is 0 Å². The van der Waals surface area contributed by atoms with Crippen molar-refractivity contribution in [2.24, 2.45) is 11.1 Å². The molecule has 16 heavy (non-hydrogen) atoms. The van der Waals surface area contributed by atoms with Gasteiger partial charge in [-0.3, -0.25) is 0 Å². The van der Waals surface area contributed by atoms with Gasteiger partial charge in [-0.25, -0.2) is 0 Å². The molecule has 0 radical (unpaired) electrons. The predicted octanol–water partition coefficient (Wildman–Crippen LogP) is 2.73. The van der Waals surface area contributed by atoms with E-state index in [1.54, 1.807) is 0 Å². The quantitative estimate of drug-likeness (QED) is 0.897. The molecule has 0 aliphatic rings. The summed E-state index contributed by atoms with van der Waals surface area (Å²) in [5.41, 5.74) is 5.71. The third-order valence-electron chi connectivity index (χ3n) is 3.12. The number of halogens is 1. The molecular weight excluding hydrogens is 266 g/mol. The van der Waals surface area contributed by atoms with Crippen LogP contribution in [-0.4, -0.2) is 17.3 Å². The van der Waals surface area contributed by atoms with Gasteiger partial charge in [0.1, 0.15) is 0 Å². The summed E-state index contributed by atoms with van der Waals surface area (Å²) in [6.07, 6.45) is 0.576. The number of aliphatic hydroxyl groups is 1. The maximum absolute atomic E-state index is 10.6. The minimum absolute atomic E-state index is 0.232. The second kappa shape index (κ2) is 4.86. The van der Waals surface area contributed by atoms with Crippen LogP contribution in [0, 0.1) is 5.41 Å². The highest BCUT2D eigenvalue weighted by Crippen LogP contribution is 2.33. The molecule has 0 saturated heterocycles. The molecule has 3 N–H and O–H groups in total. The van der Waals surface area contributed by atoms with E-state index in [4.69, 9.17) is 5.73 Å².